The molecule has 8 nitrogen and oxygen atoms in total. The van der Waals surface area contributed by atoms with Crippen molar-refractivity contribution in [3.8, 4) is 17.2 Å². The number of carbonyl (C=O) groups excluding carboxylic acids is 1. The van der Waals surface area contributed by atoms with Gasteiger partial charge in [0.05, 0.1) is 18.5 Å². The molecule has 0 unspecified atom stereocenters. The van der Waals surface area contributed by atoms with Crippen LogP contribution >= 0.6 is 0 Å². The van der Waals surface area contributed by atoms with Gasteiger partial charge >= 0.3 is 0 Å². The maximum atomic E-state index is 12.5. The third-order valence-corrected chi connectivity index (χ3v) is 4.63. The van der Waals surface area contributed by atoms with Crippen LogP contribution in [0.5, 0.6) is 0 Å². The Hall–Kier alpha value is -3.73. The maximum absolute atomic E-state index is 12.5. The van der Waals surface area contributed by atoms with E-state index in [4.69, 9.17) is 10.1 Å². The van der Waals surface area contributed by atoms with E-state index in [-0.39, 0.29) is 12.0 Å². The maximum Gasteiger partial charge on any atom is 0.251 e. The normalized spacial score (nSPS) is 15.7. The molecule has 1 atom stereocenters. The number of hydrogen-bond donors (Lipinski definition) is 1. The van der Waals surface area contributed by atoms with Crippen LogP contribution in [0, 0.1) is 11.3 Å². The third-order valence-electron chi connectivity index (χ3n) is 4.63. The van der Waals surface area contributed by atoms with Crippen molar-refractivity contribution in [1.29, 1.82) is 5.26 Å². The summed E-state index contributed by atoms with van der Waals surface area (Å²) in [5, 5.41) is 20.1. The first-order chi connectivity index (χ1) is 13.7. The number of rotatable bonds is 5. The Labute approximate surface area is 161 Å². The Bertz CT molecular complexity index is 1110. The van der Waals surface area contributed by atoms with Crippen LogP contribution in [0.15, 0.2) is 48.0 Å². The molecule has 0 radical (unpaired) electrons. The zero-order valence-corrected chi connectivity index (χ0v) is 15.3. The molecule has 1 amide bonds. The van der Waals surface area contributed by atoms with Gasteiger partial charge < -0.3 is 10.2 Å². The molecular formula is C20H18N6O2. The summed E-state index contributed by atoms with van der Waals surface area (Å²) in [6, 6.07) is 9.34. The lowest BCUT2D eigenvalue weighted by Crippen LogP contribution is -2.32. The molecule has 0 saturated carbocycles. The van der Waals surface area contributed by atoms with E-state index >= 15 is 0 Å². The number of nitriles is 1. The molecule has 0 bridgehead atoms. The summed E-state index contributed by atoms with van der Waals surface area (Å²) in [6.07, 6.45) is 6.44. The minimum atomic E-state index is -0.171. The van der Waals surface area contributed by atoms with Crippen molar-refractivity contribution >= 4 is 17.3 Å². The van der Waals surface area contributed by atoms with E-state index in [1.54, 1.807) is 29.0 Å². The quantitative estimate of drug-likeness (QED) is 0.739. The summed E-state index contributed by atoms with van der Waals surface area (Å²) in [4.78, 5) is 22.2. The molecule has 0 spiro atoms. The van der Waals surface area contributed by atoms with Crippen LogP contribution < -0.4 is 5.32 Å². The van der Waals surface area contributed by atoms with Crippen molar-refractivity contribution in [3.05, 3.63) is 54.0 Å². The highest BCUT2D eigenvalue weighted by atomic mass is 16.6. The van der Waals surface area contributed by atoms with E-state index in [1.165, 1.54) is 6.20 Å². The number of fused-ring (bicyclic) bond motifs is 1. The van der Waals surface area contributed by atoms with Crippen LogP contribution in [0.3, 0.4) is 0 Å². The number of aromatic nitrogens is 3. The van der Waals surface area contributed by atoms with Crippen LogP contribution in [0.2, 0.25) is 0 Å². The number of carbonyl (C=O) groups is 1. The van der Waals surface area contributed by atoms with Crippen molar-refractivity contribution in [2.24, 2.45) is 5.16 Å². The molecule has 140 valence electrons. The second kappa shape index (κ2) is 7.48. The fourth-order valence-corrected chi connectivity index (χ4v) is 3.06. The van der Waals surface area contributed by atoms with Gasteiger partial charge in [0.15, 0.2) is 5.65 Å². The highest BCUT2D eigenvalue weighted by Gasteiger charge is 2.20. The lowest BCUT2D eigenvalue weighted by atomic mass is 10.1. The van der Waals surface area contributed by atoms with Gasteiger partial charge in [-0.2, -0.15) is 10.4 Å². The smallest absolute Gasteiger partial charge is 0.251 e. The third kappa shape index (κ3) is 3.42. The van der Waals surface area contributed by atoms with E-state index in [0.29, 0.717) is 23.3 Å². The van der Waals surface area contributed by atoms with Gasteiger partial charge in [0.25, 0.3) is 5.91 Å². The van der Waals surface area contributed by atoms with Gasteiger partial charge in [0.2, 0.25) is 0 Å². The SMILES string of the molecule is CCC1=NO[C@H](CNC(=O)c2cccc(-c3cnc4c(C#N)cnn4c3)c2)C1. The highest BCUT2D eigenvalue weighted by Crippen LogP contribution is 2.21. The van der Waals surface area contributed by atoms with Gasteiger partial charge in [0.1, 0.15) is 17.7 Å². The molecular weight excluding hydrogens is 356 g/mol. The Morgan fingerprint density at radius 1 is 1.39 bits per heavy atom. The first-order valence-corrected chi connectivity index (χ1v) is 9.01. The predicted octanol–water partition coefficient (Wildman–Crippen LogP) is 2.55. The molecule has 4 rings (SSSR count). The first-order valence-electron chi connectivity index (χ1n) is 9.01. The Morgan fingerprint density at radius 2 is 2.29 bits per heavy atom. The van der Waals surface area contributed by atoms with E-state index in [9.17, 15) is 4.79 Å². The summed E-state index contributed by atoms with van der Waals surface area (Å²) < 4.78 is 1.56. The van der Waals surface area contributed by atoms with Crippen LogP contribution in [0.25, 0.3) is 16.8 Å². The molecule has 1 aliphatic rings. The Morgan fingerprint density at radius 3 is 3.07 bits per heavy atom. The monoisotopic (exact) mass is 374 g/mol. The lowest BCUT2D eigenvalue weighted by molar-refractivity contribution is 0.0753. The number of hydrogen-bond acceptors (Lipinski definition) is 6. The molecule has 1 aromatic carbocycles. The van der Waals surface area contributed by atoms with E-state index < -0.39 is 0 Å². The number of oxime groups is 1. The highest BCUT2D eigenvalue weighted by molar-refractivity contribution is 5.95. The molecule has 3 aromatic rings. The van der Waals surface area contributed by atoms with Gasteiger partial charge in [0, 0.05) is 29.9 Å². The Kier molecular flexibility index (Phi) is 4.72. The molecule has 0 aliphatic carbocycles. The van der Waals surface area contributed by atoms with Crippen molar-refractivity contribution < 1.29 is 9.63 Å². The van der Waals surface area contributed by atoms with E-state index in [2.05, 4.69) is 26.6 Å². The summed E-state index contributed by atoms with van der Waals surface area (Å²) in [5.41, 5.74) is 4.13. The lowest BCUT2D eigenvalue weighted by Gasteiger charge is -2.10. The second-order valence-corrected chi connectivity index (χ2v) is 6.51. The minimum Gasteiger partial charge on any atom is -0.390 e. The molecule has 28 heavy (non-hydrogen) atoms. The molecule has 1 N–H and O–H groups in total. The van der Waals surface area contributed by atoms with Gasteiger partial charge in [-0.25, -0.2) is 9.50 Å². The zero-order chi connectivity index (χ0) is 19.5. The predicted molar refractivity (Wildman–Crippen MR) is 103 cm³/mol. The summed E-state index contributed by atoms with van der Waals surface area (Å²) in [7, 11) is 0. The summed E-state index contributed by atoms with van der Waals surface area (Å²) >= 11 is 0. The zero-order valence-electron chi connectivity index (χ0n) is 15.3. The van der Waals surface area contributed by atoms with Crippen LogP contribution in [-0.2, 0) is 4.84 Å². The molecule has 2 aromatic heterocycles. The summed E-state index contributed by atoms with van der Waals surface area (Å²) in [6.45, 7) is 2.44. The minimum absolute atomic E-state index is 0.108. The van der Waals surface area contributed by atoms with Gasteiger partial charge in [-0.3, -0.25) is 4.79 Å². The van der Waals surface area contributed by atoms with Crippen LogP contribution in [-0.4, -0.2) is 38.9 Å². The van der Waals surface area contributed by atoms with Crippen molar-refractivity contribution in [2.45, 2.75) is 25.9 Å². The molecule has 0 fully saturated rings. The van der Waals surface area contributed by atoms with Gasteiger partial charge in [-0.1, -0.05) is 24.2 Å². The fourth-order valence-electron chi connectivity index (χ4n) is 3.06. The van der Waals surface area contributed by atoms with Gasteiger partial charge in [-0.15, -0.1) is 0 Å². The number of nitrogens with zero attached hydrogens (tertiary/aromatic N) is 5. The van der Waals surface area contributed by atoms with Crippen molar-refractivity contribution in [2.75, 3.05) is 6.54 Å². The fraction of sp³-hybridized carbons (Fsp3) is 0.250. The number of benzene rings is 1. The molecule has 3 heterocycles. The largest absolute Gasteiger partial charge is 0.390 e. The Balaban J connectivity index is 1.48. The van der Waals surface area contributed by atoms with Crippen molar-refractivity contribution in [3.63, 3.8) is 0 Å². The first kappa shape index (κ1) is 17.7. The summed E-state index contributed by atoms with van der Waals surface area (Å²) in [5.74, 6) is -0.171. The molecule has 1 aliphatic heterocycles. The van der Waals surface area contributed by atoms with Crippen molar-refractivity contribution in [1.82, 2.24) is 19.9 Å². The topological polar surface area (TPSA) is 105 Å². The average molecular weight is 374 g/mol. The average Bonchev–Trinajstić information content (AvgIpc) is 3.38. The second-order valence-electron chi connectivity index (χ2n) is 6.51. The van der Waals surface area contributed by atoms with Crippen LogP contribution in [0.4, 0.5) is 0 Å². The molecule has 8 heteroatoms. The standard InChI is InChI=1S/C20H18N6O2/c1-2-17-7-18(28-25-17)11-23-20(27)14-5-3-4-13(6-14)16-9-22-19-15(8-21)10-24-26(19)12-16/h3-6,9-10,12,18H,2,7,11H2,1H3,(H,23,27)/t18-/m0/s1. The van der Waals surface area contributed by atoms with E-state index in [0.717, 1.165) is 29.7 Å². The van der Waals surface area contributed by atoms with E-state index in [1.807, 2.05) is 19.1 Å². The number of nitrogens with one attached hydrogen (secondary N) is 1. The van der Waals surface area contributed by atoms with Gasteiger partial charge in [-0.05, 0) is 24.1 Å². The van der Waals surface area contributed by atoms with Crippen LogP contribution in [0.1, 0.15) is 35.7 Å². The number of amides is 1. The molecule has 0 saturated heterocycles.